The van der Waals surface area contributed by atoms with Gasteiger partial charge in [0.2, 0.25) is 10.0 Å². The van der Waals surface area contributed by atoms with E-state index in [1.165, 1.54) is 22.8 Å². The molecule has 9 nitrogen and oxygen atoms in total. The molecule has 0 aliphatic carbocycles. The number of sulfonamides is 1. The van der Waals surface area contributed by atoms with Gasteiger partial charge in [0.25, 0.3) is 5.91 Å². The highest BCUT2D eigenvalue weighted by atomic mass is 32.2. The number of methoxy groups -OCH3 is 1. The molecule has 0 bridgehead atoms. The van der Waals surface area contributed by atoms with Gasteiger partial charge in [0.1, 0.15) is 0 Å². The van der Waals surface area contributed by atoms with Crippen molar-refractivity contribution >= 4 is 43.5 Å². The number of carbonyl (C=O) groups is 2. The zero-order valence-corrected chi connectivity index (χ0v) is 22.8. The van der Waals surface area contributed by atoms with E-state index in [1.54, 1.807) is 36.4 Å². The average Bonchev–Trinajstić information content (AvgIpc) is 3.24. The van der Waals surface area contributed by atoms with Gasteiger partial charge in [-0.2, -0.15) is 9.30 Å². The summed E-state index contributed by atoms with van der Waals surface area (Å²) in [5.74, 6) is -1.33. The number of fused-ring (bicyclic) bond motifs is 1. The Labute approximate surface area is 220 Å². The summed E-state index contributed by atoms with van der Waals surface area (Å²) in [4.78, 5) is 30.5. The predicted molar refractivity (Wildman–Crippen MR) is 141 cm³/mol. The maximum Gasteiger partial charge on any atom is 0.337 e. The molecule has 0 spiro atoms. The number of nitrogens with zero attached hydrogens (tertiary/aromatic N) is 3. The van der Waals surface area contributed by atoms with Crippen molar-refractivity contribution in [3.05, 3.63) is 58.4 Å². The van der Waals surface area contributed by atoms with Gasteiger partial charge in [0, 0.05) is 26.2 Å². The standard InChI is InChI=1S/C26H31N3O6S2/c1-4-35-15-14-29-22-12-9-19(25(31)34-3)16-23(22)36-26(29)27-24(30)20-6-5-13-28(17-20)37(32,33)21-10-7-18(2)8-11-21/h7-12,16,20H,4-6,13-15,17H2,1-3H3. The van der Waals surface area contributed by atoms with Gasteiger partial charge >= 0.3 is 5.97 Å². The second-order valence-electron chi connectivity index (χ2n) is 8.87. The summed E-state index contributed by atoms with van der Waals surface area (Å²) in [6.07, 6.45) is 1.15. The Hall–Kier alpha value is -2.86. The summed E-state index contributed by atoms with van der Waals surface area (Å²) in [6, 6.07) is 11.9. The van der Waals surface area contributed by atoms with Crippen LogP contribution in [0.15, 0.2) is 52.4 Å². The second kappa shape index (κ2) is 11.7. The van der Waals surface area contributed by atoms with E-state index in [4.69, 9.17) is 9.47 Å². The Morgan fingerprint density at radius 2 is 1.92 bits per heavy atom. The number of aryl methyl sites for hydroxylation is 1. The third kappa shape index (κ3) is 6.01. The van der Waals surface area contributed by atoms with Crippen LogP contribution in [0, 0.1) is 12.8 Å². The number of hydrogen-bond acceptors (Lipinski definition) is 7. The van der Waals surface area contributed by atoms with E-state index in [2.05, 4.69) is 4.99 Å². The number of amides is 1. The quantitative estimate of drug-likeness (QED) is 0.317. The summed E-state index contributed by atoms with van der Waals surface area (Å²) < 4.78 is 40.8. The summed E-state index contributed by atoms with van der Waals surface area (Å²) in [5, 5.41) is 0. The summed E-state index contributed by atoms with van der Waals surface area (Å²) >= 11 is 1.30. The molecule has 2 heterocycles. The Morgan fingerprint density at radius 1 is 1.16 bits per heavy atom. The van der Waals surface area contributed by atoms with E-state index in [0.717, 1.165) is 15.8 Å². The summed E-state index contributed by atoms with van der Waals surface area (Å²) in [7, 11) is -2.37. The minimum Gasteiger partial charge on any atom is -0.465 e. The molecule has 1 unspecified atom stereocenters. The Kier molecular flexibility index (Phi) is 8.58. The molecular weight excluding hydrogens is 514 g/mol. The number of rotatable bonds is 8. The molecule has 198 valence electrons. The van der Waals surface area contributed by atoms with Crippen LogP contribution in [-0.4, -0.2) is 62.6 Å². The smallest absolute Gasteiger partial charge is 0.337 e. The lowest BCUT2D eigenvalue weighted by atomic mass is 9.99. The fourth-order valence-electron chi connectivity index (χ4n) is 4.33. The molecule has 1 aliphatic heterocycles. The van der Waals surface area contributed by atoms with Crippen LogP contribution in [0.2, 0.25) is 0 Å². The highest BCUT2D eigenvalue weighted by molar-refractivity contribution is 7.89. The number of hydrogen-bond donors (Lipinski definition) is 0. The van der Waals surface area contributed by atoms with Crippen LogP contribution in [-0.2, 0) is 30.8 Å². The molecule has 0 N–H and O–H groups in total. The van der Waals surface area contributed by atoms with E-state index in [-0.39, 0.29) is 17.3 Å². The molecule has 2 aromatic carbocycles. The third-order valence-electron chi connectivity index (χ3n) is 6.37. The van der Waals surface area contributed by atoms with Crippen molar-refractivity contribution in [2.75, 3.05) is 33.4 Å². The minimum atomic E-state index is -3.70. The Bertz CT molecular complexity index is 1460. The zero-order valence-electron chi connectivity index (χ0n) is 21.2. The van der Waals surface area contributed by atoms with Crippen LogP contribution in [0.4, 0.5) is 0 Å². The van der Waals surface area contributed by atoms with Gasteiger partial charge in [0.05, 0.1) is 40.3 Å². The number of piperidine rings is 1. The minimum absolute atomic E-state index is 0.0921. The average molecular weight is 546 g/mol. The predicted octanol–water partition coefficient (Wildman–Crippen LogP) is 3.36. The van der Waals surface area contributed by atoms with Gasteiger partial charge < -0.3 is 14.0 Å². The van der Waals surface area contributed by atoms with E-state index in [0.29, 0.717) is 49.5 Å². The Morgan fingerprint density at radius 3 is 2.62 bits per heavy atom. The topological polar surface area (TPSA) is 107 Å². The Balaban J connectivity index is 1.63. The highest BCUT2D eigenvalue weighted by Gasteiger charge is 2.33. The normalized spacial score (nSPS) is 17.3. The van der Waals surface area contributed by atoms with E-state index in [9.17, 15) is 18.0 Å². The molecule has 1 aromatic heterocycles. The first-order valence-corrected chi connectivity index (χ1v) is 14.4. The first kappa shape index (κ1) is 27.2. The molecule has 1 amide bonds. The van der Waals surface area contributed by atoms with Gasteiger partial charge in [0.15, 0.2) is 4.80 Å². The van der Waals surface area contributed by atoms with Crippen molar-refractivity contribution in [1.82, 2.24) is 8.87 Å². The van der Waals surface area contributed by atoms with Crippen molar-refractivity contribution in [2.24, 2.45) is 10.9 Å². The number of ether oxygens (including phenoxy) is 2. The highest BCUT2D eigenvalue weighted by Crippen LogP contribution is 2.25. The van der Waals surface area contributed by atoms with Crippen LogP contribution in [0.5, 0.6) is 0 Å². The molecule has 1 saturated heterocycles. The SMILES string of the molecule is CCOCCn1c(=NC(=O)C2CCCN(S(=O)(=O)c3ccc(C)cc3)C2)sc2cc(C(=O)OC)ccc21. The van der Waals surface area contributed by atoms with Crippen LogP contribution >= 0.6 is 11.3 Å². The van der Waals surface area contributed by atoms with Crippen LogP contribution in [0.3, 0.4) is 0 Å². The van der Waals surface area contributed by atoms with Crippen LogP contribution < -0.4 is 4.80 Å². The second-order valence-corrected chi connectivity index (χ2v) is 11.8. The summed E-state index contributed by atoms with van der Waals surface area (Å²) in [6.45, 7) is 5.76. The lowest BCUT2D eigenvalue weighted by Crippen LogP contribution is -2.42. The van der Waals surface area contributed by atoms with Crippen molar-refractivity contribution < 1.29 is 27.5 Å². The van der Waals surface area contributed by atoms with E-state index in [1.807, 2.05) is 24.5 Å². The van der Waals surface area contributed by atoms with Gasteiger partial charge in [-0.1, -0.05) is 29.0 Å². The van der Waals surface area contributed by atoms with Gasteiger partial charge in [-0.15, -0.1) is 0 Å². The van der Waals surface area contributed by atoms with E-state index < -0.39 is 21.9 Å². The molecule has 1 atom stereocenters. The number of thiazole rings is 1. The van der Waals surface area contributed by atoms with Gasteiger partial charge in [-0.05, 0) is 57.0 Å². The van der Waals surface area contributed by atoms with Gasteiger partial charge in [-0.3, -0.25) is 4.79 Å². The van der Waals surface area contributed by atoms with Crippen LogP contribution in [0.1, 0.15) is 35.7 Å². The van der Waals surface area contributed by atoms with Crippen molar-refractivity contribution in [3.63, 3.8) is 0 Å². The maximum absolute atomic E-state index is 13.3. The molecule has 0 saturated carbocycles. The summed E-state index contributed by atoms with van der Waals surface area (Å²) in [5.41, 5.74) is 2.22. The number of carbonyl (C=O) groups excluding carboxylic acids is 2. The molecule has 4 rings (SSSR count). The first-order chi connectivity index (χ1) is 17.7. The largest absolute Gasteiger partial charge is 0.465 e. The van der Waals surface area contributed by atoms with Crippen molar-refractivity contribution in [3.8, 4) is 0 Å². The monoisotopic (exact) mass is 545 g/mol. The number of esters is 1. The van der Waals surface area contributed by atoms with Crippen molar-refractivity contribution in [2.45, 2.75) is 38.1 Å². The number of benzene rings is 2. The zero-order chi connectivity index (χ0) is 26.6. The molecular formula is C26H31N3O6S2. The maximum atomic E-state index is 13.3. The fraction of sp³-hybridized carbons (Fsp3) is 0.423. The molecule has 0 radical (unpaired) electrons. The third-order valence-corrected chi connectivity index (χ3v) is 9.29. The molecule has 3 aromatic rings. The lowest BCUT2D eigenvalue weighted by Gasteiger charge is -2.30. The molecule has 1 aliphatic rings. The first-order valence-electron chi connectivity index (χ1n) is 12.2. The van der Waals surface area contributed by atoms with Crippen LogP contribution in [0.25, 0.3) is 10.2 Å². The molecule has 37 heavy (non-hydrogen) atoms. The number of aromatic nitrogens is 1. The molecule has 11 heteroatoms. The van der Waals surface area contributed by atoms with Gasteiger partial charge in [-0.25, -0.2) is 13.2 Å². The van der Waals surface area contributed by atoms with Crippen molar-refractivity contribution in [1.29, 1.82) is 0 Å². The lowest BCUT2D eigenvalue weighted by molar-refractivity contribution is -0.122. The fourth-order valence-corrected chi connectivity index (χ4v) is 6.95. The molecule has 1 fully saturated rings. The van der Waals surface area contributed by atoms with E-state index >= 15 is 0 Å².